The number of nitrogens with one attached hydrogen (secondary N) is 4. The Morgan fingerprint density at radius 1 is 0.769 bits per heavy atom. The van der Waals surface area contributed by atoms with E-state index in [1.54, 1.807) is 0 Å². The Morgan fingerprint density at radius 3 is 1.63 bits per heavy atom. The molecule has 4 unspecified atom stereocenters. The van der Waals surface area contributed by atoms with E-state index in [1.165, 1.54) is 36.8 Å². The monoisotopic (exact) mass is 730 g/mol. The maximum Gasteiger partial charge on any atom is 0.0920 e. The van der Waals surface area contributed by atoms with E-state index in [1.807, 2.05) is 69.5 Å². The van der Waals surface area contributed by atoms with Crippen molar-refractivity contribution in [2.24, 2.45) is 28.6 Å². The van der Waals surface area contributed by atoms with E-state index in [4.69, 9.17) is 0 Å². The molecule has 308 valence electrons. The van der Waals surface area contributed by atoms with Crippen LogP contribution in [0.15, 0.2) is 73.5 Å². The molecule has 0 spiro atoms. The number of likely N-dealkylation sites (tertiary alicyclic amines) is 1. The van der Waals surface area contributed by atoms with Crippen LogP contribution in [-0.4, -0.2) is 43.7 Å². The molecule has 2 rings (SSSR count). The first kappa shape index (κ1) is 56.2. The van der Waals surface area contributed by atoms with E-state index in [0.717, 1.165) is 54.6 Å². The Hall–Kier alpha value is -2.56. The van der Waals surface area contributed by atoms with E-state index in [2.05, 4.69) is 128 Å². The number of hydrogen-bond donors (Lipinski definition) is 4. The van der Waals surface area contributed by atoms with E-state index in [0.29, 0.717) is 17.9 Å². The molecule has 1 heterocycles. The molecule has 2 fully saturated rings. The number of hydrogen-bond acceptors (Lipinski definition) is 5. The average Bonchev–Trinajstić information content (AvgIpc) is 3.50. The fraction of sp³-hybridized carbons (Fsp3) is 0.745. The summed E-state index contributed by atoms with van der Waals surface area (Å²) in [6, 6.07) is 0.722. The van der Waals surface area contributed by atoms with Crippen LogP contribution in [0.4, 0.5) is 0 Å². The third-order valence-corrected chi connectivity index (χ3v) is 9.64. The second kappa shape index (κ2) is 29.8. The second-order valence-electron chi connectivity index (χ2n) is 15.9. The Balaban J connectivity index is -0.000000453. The van der Waals surface area contributed by atoms with Crippen molar-refractivity contribution in [3.63, 3.8) is 0 Å². The molecule has 5 nitrogen and oxygen atoms in total. The Bertz CT molecular complexity index is 1000. The van der Waals surface area contributed by atoms with Crippen molar-refractivity contribution in [1.29, 1.82) is 0 Å². The molecule has 52 heavy (non-hydrogen) atoms. The molecule has 1 aliphatic heterocycles. The standard InChI is InChI=1S/C27H50N4.C12H21N.4C2H6/c1-18(2)23-16-19(3)17-31(23)21(5)25(27(10,11)12)30-22(6)29-24(26(7,8)9)15-14-20(4)28-13;1-9(8-12-6-5-7-12)10(2)11(3)13-4;4*1-2/h19,23-25,28-30H,1,4-6,14-17H2,2-3,7-13H3;9,12-13H,2-3,5-8H2,1,4H3;4*1-2H3/t19-,23?,24?,25?;;;;;/m1...../s1. The first-order valence-electron chi connectivity index (χ1n) is 21.0. The highest BCUT2D eigenvalue weighted by molar-refractivity contribution is 5.25. The molecule has 1 saturated heterocycles. The maximum atomic E-state index is 4.56. The SMILES string of the molecule is C=C(CCC(NC(=C)NC(C(=C)N1C[C@H](C)CC1C(=C)C)C(C)(C)C)C(C)(C)C)NC.C=C(NC)C(=C)C(C)CC1CCC1.CC.CC.CC.CC. The molecule has 1 aliphatic carbocycles. The number of likely N-dealkylation sites (N-methyl/N-ethyl adjacent to an activating group) is 1. The van der Waals surface area contributed by atoms with Gasteiger partial charge in [-0.15, -0.1) is 0 Å². The summed E-state index contributed by atoms with van der Waals surface area (Å²) in [5, 5.41) is 13.6. The number of allylic oxidation sites excluding steroid dienone is 2. The van der Waals surface area contributed by atoms with Crippen LogP contribution in [0, 0.1) is 28.6 Å². The Kier molecular flexibility index (Phi) is 32.2. The van der Waals surface area contributed by atoms with Crippen LogP contribution < -0.4 is 21.3 Å². The number of rotatable bonds is 16. The molecule has 0 aromatic rings. The summed E-state index contributed by atoms with van der Waals surface area (Å²) < 4.78 is 0. The van der Waals surface area contributed by atoms with Gasteiger partial charge in [-0.1, -0.05) is 175 Å². The molecule has 4 N–H and O–H groups in total. The van der Waals surface area contributed by atoms with Crippen molar-refractivity contribution in [2.45, 2.75) is 181 Å². The van der Waals surface area contributed by atoms with E-state index in [-0.39, 0.29) is 22.9 Å². The molecule has 1 saturated carbocycles. The van der Waals surface area contributed by atoms with Crippen LogP contribution in [0.2, 0.25) is 0 Å². The van der Waals surface area contributed by atoms with Gasteiger partial charge in [0.25, 0.3) is 0 Å². The normalized spacial score (nSPS) is 17.9. The highest BCUT2D eigenvalue weighted by atomic mass is 15.2. The lowest BCUT2D eigenvalue weighted by Gasteiger charge is -2.42. The molecule has 0 bridgehead atoms. The minimum atomic E-state index is -0.00913. The molecule has 5 heteroatoms. The van der Waals surface area contributed by atoms with E-state index >= 15 is 0 Å². The second-order valence-corrected chi connectivity index (χ2v) is 15.9. The zero-order valence-corrected chi connectivity index (χ0v) is 38.8. The third kappa shape index (κ3) is 21.8. The van der Waals surface area contributed by atoms with Crippen LogP contribution in [0.1, 0.15) is 163 Å². The lowest BCUT2D eigenvalue weighted by Crippen LogP contribution is -2.51. The summed E-state index contributed by atoms with van der Waals surface area (Å²) in [6.07, 6.45) is 8.63. The van der Waals surface area contributed by atoms with Crippen molar-refractivity contribution in [1.82, 2.24) is 26.2 Å². The van der Waals surface area contributed by atoms with Gasteiger partial charge in [0.15, 0.2) is 0 Å². The van der Waals surface area contributed by atoms with Gasteiger partial charge in [-0.05, 0) is 66.8 Å². The molecular formula is C47H95N5. The molecule has 2 aliphatic rings. The van der Waals surface area contributed by atoms with Crippen molar-refractivity contribution in [3.8, 4) is 0 Å². The van der Waals surface area contributed by atoms with Crippen molar-refractivity contribution in [2.75, 3.05) is 20.6 Å². The molecular weight excluding hydrogens is 635 g/mol. The quantitative estimate of drug-likeness (QED) is 0.0941. The van der Waals surface area contributed by atoms with Crippen LogP contribution in [0.25, 0.3) is 0 Å². The maximum absolute atomic E-state index is 4.56. The van der Waals surface area contributed by atoms with Gasteiger partial charge in [0.05, 0.1) is 11.9 Å². The van der Waals surface area contributed by atoms with Crippen LogP contribution in [-0.2, 0) is 0 Å². The molecule has 0 radical (unpaired) electrons. The summed E-state index contributed by atoms with van der Waals surface area (Å²) in [7, 11) is 3.84. The summed E-state index contributed by atoms with van der Waals surface area (Å²) in [5.74, 6) is 3.04. The van der Waals surface area contributed by atoms with Crippen LogP contribution in [0.3, 0.4) is 0 Å². The van der Waals surface area contributed by atoms with Gasteiger partial charge >= 0.3 is 0 Å². The highest BCUT2D eigenvalue weighted by Gasteiger charge is 2.37. The summed E-state index contributed by atoms with van der Waals surface area (Å²) >= 11 is 0. The minimum Gasteiger partial charge on any atom is -0.392 e. The zero-order valence-electron chi connectivity index (χ0n) is 38.8. The highest BCUT2D eigenvalue weighted by Crippen LogP contribution is 2.36. The van der Waals surface area contributed by atoms with Crippen molar-refractivity contribution >= 4 is 0 Å². The van der Waals surface area contributed by atoms with Gasteiger partial charge in [-0.2, -0.15) is 0 Å². The predicted molar refractivity (Wildman–Crippen MR) is 241 cm³/mol. The van der Waals surface area contributed by atoms with Gasteiger partial charge in [0.2, 0.25) is 0 Å². The van der Waals surface area contributed by atoms with Crippen LogP contribution >= 0.6 is 0 Å². The summed E-state index contributed by atoms with van der Waals surface area (Å²) in [6.45, 7) is 62.6. The Morgan fingerprint density at radius 2 is 1.27 bits per heavy atom. The third-order valence-electron chi connectivity index (χ3n) is 9.64. The van der Waals surface area contributed by atoms with Crippen molar-refractivity contribution in [3.05, 3.63) is 73.5 Å². The smallest absolute Gasteiger partial charge is 0.0920 e. The number of nitrogens with zero attached hydrogens (tertiary/aromatic N) is 1. The van der Waals surface area contributed by atoms with Crippen molar-refractivity contribution < 1.29 is 0 Å². The minimum absolute atomic E-state index is 0.00913. The lowest BCUT2D eigenvalue weighted by molar-refractivity contribution is 0.224. The van der Waals surface area contributed by atoms with Crippen LogP contribution in [0.5, 0.6) is 0 Å². The lowest BCUT2D eigenvalue weighted by atomic mass is 9.77. The van der Waals surface area contributed by atoms with Gasteiger partial charge in [-0.3, -0.25) is 0 Å². The molecule has 0 amide bonds. The first-order chi connectivity index (χ1) is 24.2. The molecule has 0 aromatic heterocycles. The van der Waals surface area contributed by atoms with Gasteiger partial charge < -0.3 is 26.2 Å². The fourth-order valence-corrected chi connectivity index (χ4v) is 6.22. The largest absolute Gasteiger partial charge is 0.392 e. The van der Waals surface area contributed by atoms with E-state index in [9.17, 15) is 0 Å². The molecule has 5 atom stereocenters. The van der Waals surface area contributed by atoms with Gasteiger partial charge in [-0.25, -0.2) is 0 Å². The van der Waals surface area contributed by atoms with Gasteiger partial charge in [0.1, 0.15) is 0 Å². The van der Waals surface area contributed by atoms with E-state index < -0.39 is 0 Å². The fourth-order valence-electron chi connectivity index (χ4n) is 6.22. The summed E-state index contributed by atoms with van der Waals surface area (Å²) in [5.41, 5.74) is 5.66. The predicted octanol–water partition coefficient (Wildman–Crippen LogP) is 13.0. The van der Waals surface area contributed by atoms with Gasteiger partial charge in [0, 0.05) is 49.8 Å². The zero-order chi connectivity index (χ0) is 42.0. The topological polar surface area (TPSA) is 51.4 Å². The molecule has 0 aromatic carbocycles. The summed E-state index contributed by atoms with van der Waals surface area (Å²) in [4.78, 5) is 2.46. The average molecular weight is 730 g/mol. The first-order valence-corrected chi connectivity index (χ1v) is 21.0. The Labute approximate surface area is 328 Å².